The van der Waals surface area contributed by atoms with Gasteiger partial charge in [0.15, 0.2) is 0 Å². The van der Waals surface area contributed by atoms with Gasteiger partial charge in [0.05, 0.1) is 17.6 Å². The van der Waals surface area contributed by atoms with Gasteiger partial charge in [-0.05, 0) is 45.0 Å². The summed E-state index contributed by atoms with van der Waals surface area (Å²) in [5.41, 5.74) is 0.501. The molecule has 5 heteroatoms. The van der Waals surface area contributed by atoms with Crippen LogP contribution in [0.15, 0.2) is 36.7 Å². The minimum atomic E-state index is -0.575. The van der Waals surface area contributed by atoms with E-state index < -0.39 is 17.5 Å². The van der Waals surface area contributed by atoms with Gasteiger partial charge in [0.1, 0.15) is 11.4 Å². The van der Waals surface area contributed by atoms with Crippen LogP contribution in [0, 0.1) is 5.82 Å². The third-order valence-corrected chi connectivity index (χ3v) is 2.33. The predicted octanol–water partition coefficient (Wildman–Crippen LogP) is 3.47. The molecule has 0 bridgehead atoms. The maximum atomic E-state index is 12.8. The number of carbonyl (C=O) groups is 1. The van der Waals surface area contributed by atoms with Crippen LogP contribution in [0.2, 0.25) is 0 Å². The summed E-state index contributed by atoms with van der Waals surface area (Å²) in [5, 5.41) is 0. The van der Waals surface area contributed by atoms with Crippen LogP contribution in [-0.2, 0) is 4.74 Å². The Bertz CT molecular complexity index is 582. The number of hydrogen-bond acceptors (Lipinski definition) is 3. The Balaban J connectivity index is 2.32. The lowest BCUT2D eigenvalue weighted by molar-refractivity contribution is 0.0540. The minimum absolute atomic E-state index is 0.417. The van der Waals surface area contributed by atoms with Crippen molar-refractivity contribution in [1.29, 1.82) is 0 Å². The highest BCUT2D eigenvalue weighted by Crippen LogP contribution is 2.19. The van der Waals surface area contributed by atoms with Crippen LogP contribution in [0.25, 0.3) is 11.4 Å². The molecule has 0 amide bonds. The van der Waals surface area contributed by atoms with Crippen LogP contribution in [0.5, 0.6) is 0 Å². The number of halogens is 1. The summed E-state index contributed by atoms with van der Waals surface area (Å²) in [6.45, 7) is 5.39. The van der Waals surface area contributed by atoms with E-state index in [4.69, 9.17) is 4.74 Å². The lowest BCUT2D eigenvalue weighted by Gasteiger charge is -2.20. The van der Waals surface area contributed by atoms with Crippen molar-refractivity contribution in [2.45, 2.75) is 26.4 Å². The molecular formula is C14H15FN2O2. The van der Waals surface area contributed by atoms with E-state index in [-0.39, 0.29) is 0 Å². The Labute approximate surface area is 110 Å². The van der Waals surface area contributed by atoms with E-state index in [2.05, 4.69) is 4.98 Å². The molecule has 0 fully saturated rings. The van der Waals surface area contributed by atoms with Crippen LogP contribution < -0.4 is 0 Å². The quantitative estimate of drug-likeness (QED) is 0.790. The second-order valence-corrected chi connectivity index (χ2v) is 5.11. The molecule has 19 heavy (non-hydrogen) atoms. The van der Waals surface area contributed by atoms with E-state index in [0.29, 0.717) is 11.4 Å². The number of rotatable bonds is 1. The van der Waals surface area contributed by atoms with Gasteiger partial charge in [-0.3, -0.25) is 9.55 Å². The summed E-state index contributed by atoms with van der Waals surface area (Å²) in [6, 6.07) is 6.26. The first kappa shape index (κ1) is 13.3. The fourth-order valence-corrected chi connectivity index (χ4v) is 1.59. The van der Waals surface area contributed by atoms with Crippen molar-refractivity contribution < 1.29 is 13.9 Å². The molecule has 4 nitrogen and oxygen atoms in total. The van der Waals surface area contributed by atoms with E-state index in [1.807, 2.05) is 0 Å². The highest BCUT2D eigenvalue weighted by Gasteiger charge is 2.20. The molecule has 0 unspecified atom stereocenters. The summed E-state index contributed by atoms with van der Waals surface area (Å²) >= 11 is 0. The van der Waals surface area contributed by atoms with Gasteiger partial charge < -0.3 is 4.74 Å². The van der Waals surface area contributed by atoms with Crippen molar-refractivity contribution >= 4 is 6.09 Å². The van der Waals surface area contributed by atoms with Crippen molar-refractivity contribution in [3.05, 3.63) is 42.5 Å². The highest BCUT2D eigenvalue weighted by molar-refractivity contribution is 5.77. The third-order valence-electron chi connectivity index (χ3n) is 2.33. The zero-order valence-electron chi connectivity index (χ0n) is 11.1. The van der Waals surface area contributed by atoms with Gasteiger partial charge in [-0.2, -0.15) is 0 Å². The third kappa shape index (κ3) is 3.19. The lowest BCUT2D eigenvalue weighted by atomic mass is 10.2. The molecule has 0 N–H and O–H groups in total. The van der Waals surface area contributed by atoms with E-state index in [9.17, 15) is 9.18 Å². The average Bonchev–Trinajstić information content (AvgIpc) is 2.76. The average molecular weight is 262 g/mol. The number of carbonyl (C=O) groups excluding carboxylic acids is 1. The standard InChI is InChI=1S/C14H15FN2O2/c1-14(2,3)19-13(18)17-8-4-5-12(17)11-7-6-10(15)9-16-11/h4-9H,1-3H3. The minimum Gasteiger partial charge on any atom is -0.443 e. The maximum absolute atomic E-state index is 12.8. The molecule has 2 rings (SSSR count). The van der Waals surface area contributed by atoms with Crippen LogP contribution >= 0.6 is 0 Å². The van der Waals surface area contributed by atoms with Crippen molar-refractivity contribution in [3.63, 3.8) is 0 Å². The second kappa shape index (κ2) is 4.84. The number of hydrogen-bond donors (Lipinski definition) is 0. The van der Waals surface area contributed by atoms with Gasteiger partial charge in [0.2, 0.25) is 0 Å². The van der Waals surface area contributed by atoms with Crippen molar-refractivity contribution in [1.82, 2.24) is 9.55 Å². The van der Waals surface area contributed by atoms with E-state index in [0.717, 1.165) is 6.20 Å². The first-order valence-corrected chi connectivity index (χ1v) is 5.89. The van der Waals surface area contributed by atoms with Gasteiger partial charge >= 0.3 is 6.09 Å². The first-order chi connectivity index (χ1) is 8.87. The first-order valence-electron chi connectivity index (χ1n) is 5.89. The molecule has 0 radical (unpaired) electrons. The fraction of sp³-hybridized carbons (Fsp3) is 0.286. The van der Waals surface area contributed by atoms with Crippen molar-refractivity contribution in [2.24, 2.45) is 0 Å². The van der Waals surface area contributed by atoms with Crippen LogP contribution in [0.1, 0.15) is 20.8 Å². The van der Waals surface area contributed by atoms with Gasteiger partial charge in [-0.15, -0.1) is 0 Å². The molecule has 0 atom stereocenters. The zero-order valence-corrected chi connectivity index (χ0v) is 11.1. The van der Waals surface area contributed by atoms with Crippen LogP contribution in [-0.4, -0.2) is 21.2 Å². The largest absolute Gasteiger partial charge is 0.443 e. The molecular weight excluding hydrogens is 247 g/mol. The molecule has 2 aromatic rings. The molecule has 0 spiro atoms. The lowest BCUT2D eigenvalue weighted by Crippen LogP contribution is -2.27. The summed E-state index contributed by atoms with van der Waals surface area (Å²) in [7, 11) is 0. The monoisotopic (exact) mass is 262 g/mol. The van der Waals surface area contributed by atoms with Gasteiger partial charge in [0, 0.05) is 6.20 Å². The molecule has 0 saturated carbocycles. The predicted molar refractivity (Wildman–Crippen MR) is 69.3 cm³/mol. The smallest absolute Gasteiger partial charge is 0.419 e. The number of ether oxygens (including phenoxy) is 1. The SMILES string of the molecule is CC(C)(C)OC(=O)n1cccc1-c1ccc(F)cn1. The number of pyridine rings is 1. The highest BCUT2D eigenvalue weighted by atomic mass is 19.1. The molecule has 0 aliphatic heterocycles. The normalized spacial score (nSPS) is 11.4. The fourth-order valence-electron chi connectivity index (χ4n) is 1.59. The van der Waals surface area contributed by atoms with E-state index >= 15 is 0 Å². The van der Waals surface area contributed by atoms with Gasteiger partial charge in [-0.25, -0.2) is 9.18 Å². The molecule has 2 aromatic heterocycles. The molecule has 2 heterocycles. The second-order valence-electron chi connectivity index (χ2n) is 5.11. The van der Waals surface area contributed by atoms with E-state index in [1.54, 1.807) is 39.1 Å². The Hall–Kier alpha value is -2.17. The Kier molecular flexibility index (Phi) is 3.38. The van der Waals surface area contributed by atoms with Gasteiger partial charge in [0.25, 0.3) is 0 Å². The summed E-state index contributed by atoms with van der Waals surface area (Å²) in [4.78, 5) is 16.0. The Morgan fingerprint density at radius 1 is 1.32 bits per heavy atom. The zero-order chi connectivity index (χ0) is 14.0. The van der Waals surface area contributed by atoms with E-state index in [1.165, 1.54) is 16.7 Å². The van der Waals surface area contributed by atoms with Gasteiger partial charge in [-0.1, -0.05) is 0 Å². The Morgan fingerprint density at radius 2 is 2.05 bits per heavy atom. The maximum Gasteiger partial charge on any atom is 0.419 e. The molecule has 0 saturated heterocycles. The van der Waals surface area contributed by atoms with Crippen LogP contribution in [0.3, 0.4) is 0 Å². The summed E-state index contributed by atoms with van der Waals surface area (Å²) < 4.78 is 19.5. The summed E-state index contributed by atoms with van der Waals surface area (Å²) in [6.07, 6.45) is 2.22. The number of nitrogens with zero attached hydrogens (tertiary/aromatic N) is 2. The molecule has 0 aliphatic carbocycles. The van der Waals surface area contributed by atoms with Crippen molar-refractivity contribution in [2.75, 3.05) is 0 Å². The summed E-state index contributed by atoms with van der Waals surface area (Å²) in [5.74, 6) is -0.417. The van der Waals surface area contributed by atoms with Crippen LogP contribution in [0.4, 0.5) is 9.18 Å². The molecule has 0 aromatic carbocycles. The Morgan fingerprint density at radius 3 is 2.63 bits per heavy atom. The molecule has 100 valence electrons. The number of aromatic nitrogens is 2. The topological polar surface area (TPSA) is 44.1 Å². The van der Waals surface area contributed by atoms with Crippen molar-refractivity contribution in [3.8, 4) is 11.4 Å². The molecule has 0 aliphatic rings.